The van der Waals surface area contributed by atoms with Gasteiger partial charge in [-0.25, -0.2) is 9.59 Å². The molecule has 176 valence electrons. The molecule has 0 aromatic rings. The summed E-state index contributed by atoms with van der Waals surface area (Å²) >= 11 is 0. The van der Waals surface area contributed by atoms with Gasteiger partial charge in [-0.1, -0.05) is 38.8 Å². The van der Waals surface area contributed by atoms with Gasteiger partial charge in [0.2, 0.25) is 0 Å². The van der Waals surface area contributed by atoms with Crippen molar-refractivity contribution in [3.8, 4) is 0 Å². The maximum Gasteiger partial charge on any atom is 0.330 e. The van der Waals surface area contributed by atoms with Gasteiger partial charge < -0.3 is 14.2 Å². The van der Waals surface area contributed by atoms with Crippen molar-refractivity contribution >= 4 is 11.9 Å². The summed E-state index contributed by atoms with van der Waals surface area (Å²) in [6, 6.07) is 0. The monoisotopic (exact) mass is 434 g/mol. The van der Waals surface area contributed by atoms with Crippen molar-refractivity contribution < 1.29 is 23.8 Å². The lowest BCUT2D eigenvalue weighted by molar-refractivity contribution is -0.138. The molecule has 0 bridgehead atoms. The zero-order chi connectivity index (χ0) is 22.3. The van der Waals surface area contributed by atoms with Crippen LogP contribution in [0.3, 0.4) is 0 Å². The fraction of sp³-hybridized carbons (Fsp3) is 0.769. The molecule has 2 rings (SSSR count). The van der Waals surface area contributed by atoms with E-state index >= 15 is 0 Å². The van der Waals surface area contributed by atoms with E-state index in [-0.39, 0.29) is 11.9 Å². The van der Waals surface area contributed by atoms with E-state index < -0.39 is 0 Å². The normalized spacial score (nSPS) is 26.1. The maximum absolute atomic E-state index is 11.1. The molecule has 5 heteroatoms. The molecule has 0 radical (unpaired) electrons. The smallest absolute Gasteiger partial charge is 0.330 e. The molecule has 4 unspecified atom stereocenters. The Labute approximate surface area is 188 Å². The third-order valence-corrected chi connectivity index (χ3v) is 6.79. The molecule has 31 heavy (non-hydrogen) atoms. The molecule has 2 aliphatic carbocycles. The lowest BCUT2D eigenvalue weighted by Gasteiger charge is -2.39. The lowest BCUT2D eigenvalue weighted by atomic mass is 9.80. The summed E-state index contributed by atoms with van der Waals surface area (Å²) in [5, 5.41) is 0. The zero-order valence-electron chi connectivity index (χ0n) is 19.2. The second-order valence-corrected chi connectivity index (χ2v) is 9.04. The van der Waals surface area contributed by atoms with Crippen LogP contribution in [-0.4, -0.2) is 37.4 Å². The molecule has 5 nitrogen and oxygen atoms in total. The zero-order valence-corrected chi connectivity index (χ0v) is 19.2. The van der Waals surface area contributed by atoms with Crippen molar-refractivity contribution in [2.24, 2.45) is 11.8 Å². The third-order valence-electron chi connectivity index (χ3n) is 6.79. The van der Waals surface area contributed by atoms with Gasteiger partial charge in [-0.3, -0.25) is 0 Å². The highest BCUT2D eigenvalue weighted by atomic mass is 16.5. The van der Waals surface area contributed by atoms with Gasteiger partial charge in [0.1, 0.15) is 0 Å². The van der Waals surface area contributed by atoms with Crippen molar-refractivity contribution in [2.75, 3.05) is 13.2 Å². The first-order valence-corrected chi connectivity index (χ1v) is 12.4. The number of hydrogen-bond donors (Lipinski definition) is 0. The van der Waals surface area contributed by atoms with E-state index in [0.29, 0.717) is 37.3 Å². The van der Waals surface area contributed by atoms with Crippen LogP contribution in [0.2, 0.25) is 0 Å². The minimum absolute atomic E-state index is 0.332. The van der Waals surface area contributed by atoms with Crippen LogP contribution in [0.4, 0.5) is 0 Å². The number of carbonyl (C=O) groups is 2. The molecule has 2 saturated carbocycles. The summed E-state index contributed by atoms with van der Waals surface area (Å²) in [6.07, 6.45) is 19.5. The molecule has 0 N–H and O–H groups in total. The second-order valence-electron chi connectivity index (χ2n) is 9.04. The van der Waals surface area contributed by atoms with E-state index in [0.717, 1.165) is 38.5 Å². The topological polar surface area (TPSA) is 61.8 Å². The first-order valence-electron chi connectivity index (χ1n) is 12.4. The van der Waals surface area contributed by atoms with Crippen LogP contribution in [-0.2, 0) is 23.8 Å². The Morgan fingerprint density at radius 2 is 1.10 bits per heavy atom. The van der Waals surface area contributed by atoms with E-state index in [9.17, 15) is 9.59 Å². The molecule has 0 aromatic carbocycles. The van der Waals surface area contributed by atoms with Gasteiger partial charge in [-0.2, -0.15) is 0 Å². The van der Waals surface area contributed by atoms with Crippen LogP contribution in [0.1, 0.15) is 89.9 Å². The number of rotatable bonds is 14. The molecule has 0 amide bonds. The molecule has 4 atom stereocenters. The highest BCUT2D eigenvalue weighted by Gasteiger charge is 2.32. The molecule has 0 saturated heterocycles. The first-order chi connectivity index (χ1) is 15.1. The van der Waals surface area contributed by atoms with Crippen LogP contribution in [0.15, 0.2) is 25.3 Å². The van der Waals surface area contributed by atoms with E-state index in [1.807, 2.05) is 0 Å². The number of esters is 2. The fourth-order valence-corrected chi connectivity index (χ4v) is 5.07. The van der Waals surface area contributed by atoms with Crippen molar-refractivity contribution in [1.82, 2.24) is 0 Å². The van der Waals surface area contributed by atoms with Crippen molar-refractivity contribution in [3.05, 3.63) is 25.3 Å². The van der Waals surface area contributed by atoms with Crippen LogP contribution in [0.5, 0.6) is 0 Å². The Balaban J connectivity index is 1.72. The highest BCUT2D eigenvalue weighted by Crippen LogP contribution is 2.37. The molecule has 2 aliphatic rings. The Hall–Kier alpha value is -1.62. The Kier molecular flexibility index (Phi) is 12.6. The SMILES string of the molecule is C=CC(=O)OCCCCC1CCCCC1OC1CCCCC1CCCCOC(=O)C=C. The van der Waals surface area contributed by atoms with E-state index in [1.165, 1.54) is 63.5 Å². The summed E-state index contributed by atoms with van der Waals surface area (Å²) < 4.78 is 17.0. The molecule has 0 aromatic heterocycles. The number of ether oxygens (including phenoxy) is 3. The Morgan fingerprint density at radius 1 is 0.677 bits per heavy atom. The van der Waals surface area contributed by atoms with Gasteiger partial charge in [-0.15, -0.1) is 0 Å². The molecule has 0 heterocycles. The predicted octanol–water partition coefficient (Wildman–Crippen LogP) is 5.92. The van der Waals surface area contributed by atoms with Crippen molar-refractivity contribution in [2.45, 2.75) is 102 Å². The second kappa shape index (κ2) is 15.2. The van der Waals surface area contributed by atoms with Gasteiger partial charge >= 0.3 is 11.9 Å². The highest BCUT2D eigenvalue weighted by molar-refractivity contribution is 5.81. The standard InChI is InChI=1S/C26H42O5/c1-3-25(27)29-19-11-9-15-21-13-5-7-17-23(21)31-24-18-8-6-14-22(24)16-10-12-20-30-26(28)4-2/h3-4,21-24H,1-2,5-20H2. The van der Waals surface area contributed by atoms with Gasteiger partial charge in [0.25, 0.3) is 0 Å². The first kappa shape index (κ1) is 25.6. The molecular formula is C26H42O5. The van der Waals surface area contributed by atoms with Gasteiger partial charge in [-0.05, 0) is 76.0 Å². The van der Waals surface area contributed by atoms with E-state index in [4.69, 9.17) is 14.2 Å². The van der Waals surface area contributed by atoms with Gasteiger partial charge in [0, 0.05) is 12.2 Å². The average molecular weight is 435 g/mol. The number of hydrogen-bond acceptors (Lipinski definition) is 5. The maximum atomic E-state index is 11.1. The summed E-state index contributed by atoms with van der Waals surface area (Å²) in [6.45, 7) is 7.82. The summed E-state index contributed by atoms with van der Waals surface area (Å²) in [5.41, 5.74) is 0. The lowest BCUT2D eigenvalue weighted by Crippen LogP contribution is -2.37. The predicted molar refractivity (Wildman–Crippen MR) is 123 cm³/mol. The van der Waals surface area contributed by atoms with E-state index in [2.05, 4.69) is 13.2 Å². The van der Waals surface area contributed by atoms with Crippen LogP contribution < -0.4 is 0 Å². The summed E-state index contributed by atoms with van der Waals surface area (Å²) in [5.74, 6) is 0.594. The molecule has 0 aliphatic heterocycles. The number of unbranched alkanes of at least 4 members (excludes halogenated alkanes) is 2. The summed E-state index contributed by atoms with van der Waals surface area (Å²) in [7, 11) is 0. The minimum atomic E-state index is -0.332. The van der Waals surface area contributed by atoms with Crippen LogP contribution in [0, 0.1) is 11.8 Å². The van der Waals surface area contributed by atoms with Gasteiger partial charge in [0.15, 0.2) is 0 Å². The quantitative estimate of drug-likeness (QED) is 0.193. The Morgan fingerprint density at radius 3 is 1.52 bits per heavy atom. The Bertz CT molecular complexity index is 510. The summed E-state index contributed by atoms with van der Waals surface area (Å²) in [4.78, 5) is 22.3. The van der Waals surface area contributed by atoms with Gasteiger partial charge in [0.05, 0.1) is 25.4 Å². The van der Waals surface area contributed by atoms with Crippen molar-refractivity contribution in [1.29, 1.82) is 0 Å². The average Bonchev–Trinajstić information content (AvgIpc) is 2.80. The largest absolute Gasteiger partial charge is 0.463 e. The van der Waals surface area contributed by atoms with Crippen LogP contribution >= 0.6 is 0 Å². The third kappa shape index (κ3) is 10.0. The van der Waals surface area contributed by atoms with Crippen LogP contribution in [0.25, 0.3) is 0 Å². The molecule has 2 fully saturated rings. The fourth-order valence-electron chi connectivity index (χ4n) is 5.07. The number of carbonyl (C=O) groups excluding carboxylic acids is 2. The molecular weight excluding hydrogens is 392 g/mol. The van der Waals surface area contributed by atoms with Crippen molar-refractivity contribution in [3.63, 3.8) is 0 Å². The van der Waals surface area contributed by atoms with E-state index in [1.54, 1.807) is 0 Å². The molecule has 0 spiro atoms. The minimum Gasteiger partial charge on any atom is -0.463 e.